The van der Waals surface area contributed by atoms with Crippen molar-refractivity contribution in [1.82, 2.24) is 14.1 Å². The summed E-state index contributed by atoms with van der Waals surface area (Å²) in [4.78, 5) is 29.9. The van der Waals surface area contributed by atoms with Crippen LogP contribution in [-0.2, 0) is 7.05 Å². The molecule has 6 rings (SSSR count). The molecule has 0 spiro atoms. The van der Waals surface area contributed by atoms with Gasteiger partial charge in [0, 0.05) is 23.5 Å². The third-order valence-electron chi connectivity index (χ3n) is 5.72. The van der Waals surface area contributed by atoms with Gasteiger partial charge in [-0.15, -0.1) is 0 Å². The van der Waals surface area contributed by atoms with Crippen LogP contribution in [0, 0.1) is 0 Å². The summed E-state index contributed by atoms with van der Waals surface area (Å²) >= 11 is 0. The van der Waals surface area contributed by atoms with Gasteiger partial charge in [0.15, 0.2) is 5.82 Å². The van der Waals surface area contributed by atoms with Crippen LogP contribution in [0.1, 0.15) is 0 Å². The number of aromatic nitrogens is 3. The highest BCUT2D eigenvalue weighted by Gasteiger charge is 2.24. The van der Waals surface area contributed by atoms with Crippen molar-refractivity contribution in [3.05, 3.63) is 93.6 Å². The molecule has 0 atom stereocenters. The van der Waals surface area contributed by atoms with E-state index in [9.17, 15) is 9.59 Å². The fourth-order valence-electron chi connectivity index (χ4n) is 4.38. The molecule has 5 heteroatoms. The standard InChI is InChI=1S/C24H15N3O2/c1-26-23(28)21-17-12-10-14-6-5-7-15-11-13-18(20(17)19(14)15)27(22(21)25-24(26)29)16-8-3-2-4-9-16/h2-13H,1H3. The molecule has 2 aliphatic rings. The molecule has 0 radical (unpaired) electrons. The number of nitrogens with zero attached hydrogens (tertiary/aromatic N) is 3. The summed E-state index contributed by atoms with van der Waals surface area (Å²) in [5, 5.41) is 5.17. The number of benzene rings is 4. The first-order valence-corrected chi connectivity index (χ1v) is 9.40. The van der Waals surface area contributed by atoms with E-state index >= 15 is 0 Å². The molecule has 0 saturated heterocycles. The average molecular weight is 377 g/mol. The normalized spacial score (nSPS) is 11.9. The molecule has 0 aromatic heterocycles. The third-order valence-corrected chi connectivity index (χ3v) is 5.72. The predicted octanol–water partition coefficient (Wildman–Crippen LogP) is 3.93. The topological polar surface area (TPSA) is 56.9 Å². The van der Waals surface area contributed by atoms with Crippen LogP contribution in [0.15, 0.2) is 82.4 Å². The van der Waals surface area contributed by atoms with Gasteiger partial charge in [0.2, 0.25) is 0 Å². The van der Waals surface area contributed by atoms with Crippen LogP contribution < -0.4 is 11.2 Å². The second-order valence-corrected chi connectivity index (χ2v) is 7.28. The summed E-state index contributed by atoms with van der Waals surface area (Å²) in [6.07, 6.45) is 0. The Morgan fingerprint density at radius 1 is 0.759 bits per heavy atom. The molecule has 2 aliphatic heterocycles. The molecule has 4 aromatic carbocycles. The van der Waals surface area contributed by atoms with E-state index in [1.54, 1.807) is 0 Å². The zero-order valence-electron chi connectivity index (χ0n) is 15.6. The quantitative estimate of drug-likeness (QED) is 0.322. The van der Waals surface area contributed by atoms with E-state index in [0.29, 0.717) is 11.4 Å². The van der Waals surface area contributed by atoms with Gasteiger partial charge in [-0.1, -0.05) is 54.6 Å². The van der Waals surface area contributed by atoms with Gasteiger partial charge in [0.05, 0.1) is 11.1 Å². The molecule has 0 fully saturated rings. The Hall–Kier alpha value is -3.99. The smallest absolute Gasteiger partial charge is 0.294 e. The summed E-state index contributed by atoms with van der Waals surface area (Å²) < 4.78 is 3.00. The molecule has 0 amide bonds. The molecule has 2 heterocycles. The molecular weight excluding hydrogens is 362 g/mol. The van der Waals surface area contributed by atoms with Gasteiger partial charge in [0.1, 0.15) is 0 Å². The van der Waals surface area contributed by atoms with Crippen LogP contribution in [0.3, 0.4) is 0 Å². The Morgan fingerprint density at radius 2 is 1.48 bits per heavy atom. The lowest BCUT2D eigenvalue weighted by Gasteiger charge is -2.22. The van der Waals surface area contributed by atoms with Crippen molar-refractivity contribution in [2.75, 3.05) is 0 Å². The van der Waals surface area contributed by atoms with E-state index in [0.717, 1.165) is 42.7 Å². The molecule has 0 unspecified atom stereocenters. The number of rotatable bonds is 1. The summed E-state index contributed by atoms with van der Waals surface area (Å²) in [6.45, 7) is 0. The van der Waals surface area contributed by atoms with Crippen LogP contribution in [-0.4, -0.2) is 14.1 Å². The number of para-hydroxylation sites is 1. The maximum atomic E-state index is 13.2. The summed E-state index contributed by atoms with van der Waals surface area (Å²) in [7, 11) is 1.47. The van der Waals surface area contributed by atoms with E-state index in [4.69, 9.17) is 0 Å². The Labute approximate surface area is 164 Å². The van der Waals surface area contributed by atoms with Gasteiger partial charge in [-0.05, 0) is 34.4 Å². The van der Waals surface area contributed by atoms with Gasteiger partial charge in [0.25, 0.3) is 5.56 Å². The maximum Gasteiger partial charge on any atom is 0.352 e. The van der Waals surface area contributed by atoms with Gasteiger partial charge in [-0.25, -0.2) is 4.79 Å². The van der Waals surface area contributed by atoms with Crippen LogP contribution in [0.25, 0.3) is 49.5 Å². The molecule has 0 saturated carbocycles. The predicted molar refractivity (Wildman–Crippen MR) is 115 cm³/mol. The number of pyridine rings is 1. The monoisotopic (exact) mass is 377 g/mol. The van der Waals surface area contributed by atoms with Crippen LogP contribution in [0.2, 0.25) is 0 Å². The van der Waals surface area contributed by atoms with Crippen molar-refractivity contribution in [3.8, 4) is 17.1 Å². The number of hydrogen-bond donors (Lipinski definition) is 0. The summed E-state index contributed by atoms with van der Waals surface area (Å²) in [6, 6.07) is 24.0. The summed E-state index contributed by atoms with van der Waals surface area (Å²) in [5.41, 5.74) is 1.35. The first-order valence-electron chi connectivity index (χ1n) is 9.40. The molecule has 5 nitrogen and oxygen atoms in total. The van der Waals surface area contributed by atoms with Crippen LogP contribution in [0.5, 0.6) is 0 Å². The second kappa shape index (κ2) is 5.52. The zero-order valence-corrected chi connectivity index (χ0v) is 15.6. The van der Waals surface area contributed by atoms with Gasteiger partial charge >= 0.3 is 5.69 Å². The Bertz CT molecular complexity index is 1630. The van der Waals surface area contributed by atoms with Crippen molar-refractivity contribution in [1.29, 1.82) is 0 Å². The lowest BCUT2D eigenvalue weighted by Crippen LogP contribution is -2.36. The Morgan fingerprint density at radius 3 is 2.24 bits per heavy atom. The highest BCUT2D eigenvalue weighted by atomic mass is 16.2. The third kappa shape index (κ3) is 2.01. The van der Waals surface area contributed by atoms with Crippen molar-refractivity contribution >= 4 is 32.4 Å². The molecule has 29 heavy (non-hydrogen) atoms. The first kappa shape index (κ1) is 16.0. The Balaban J connectivity index is 2.02. The van der Waals surface area contributed by atoms with Crippen LogP contribution in [0.4, 0.5) is 0 Å². The number of fused-ring (bicyclic) bond motifs is 2. The maximum absolute atomic E-state index is 13.2. The lowest BCUT2D eigenvalue weighted by atomic mass is 9.93. The molecule has 0 bridgehead atoms. The largest absolute Gasteiger partial charge is 0.352 e. The van der Waals surface area contributed by atoms with Gasteiger partial charge in [-0.3, -0.25) is 13.9 Å². The van der Waals surface area contributed by atoms with Crippen LogP contribution >= 0.6 is 0 Å². The molecule has 4 aromatic rings. The van der Waals surface area contributed by atoms with Gasteiger partial charge in [-0.2, -0.15) is 4.98 Å². The average Bonchev–Trinajstić information content (AvgIpc) is 2.76. The highest BCUT2D eigenvalue weighted by Crippen LogP contribution is 2.40. The SMILES string of the molecule is Cn1c(=O)nc2n(-c3ccccc3)c3ccc4cccc5ccc(c-2c1=O)c3c54. The van der Waals surface area contributed by atoms with E-state index in [2.05, 4.69) is 23.2 Å². The molecule has 138 valence electrons. The van der Waals surface area contributed by atoms with Crippen molar-refractivity contribution in [2.45, 2.75) is 0 Å². The zero-order chi connectivity index (χ0) is 19.7. The van der Waals surface area contributed by atoms with Crippen molar-refractivity contribution in [2.24, 2.45) is 7.05 Å². The van der Waals surface area contributed by atoms with Crippen molar-refractivity contribution in [3.63, 3.8) is 0 Å². The minimum absolute atomic E-state index is 0.331. The molecular formula is C24H15N3O2. The molecule has 0 aliphatic carbocycles. The fourth-order valence-corrected chi connectivity index (χ4v) is 4.38. The molecule has 0 N–H and O–H groups in total. The Kier molecular flexibility index (Phi) is 3.04. The lowest BCUT2D eigenvalue weighted by molar-refractivity contribution is 0.768. The first-order chi connectivity index (χ1) is 14.1. The number of hydrogen-bond acceptors (Lipinski definition) is 3. The van der Waals surface area contributed by atoms with Crippen molar-refractivity contribution < 1.29 is 0 Å². The minimum Gasteiger partial charge on any atom is -0.294 e. The van der Waals surface area contributed by atoms with E-state index in [1.165, 1.54) is 7.05 Å². The minimum atomic E-state index is -0.556. The van der Waals surface area contributed by atoms with E-state index in [1.807, 2.05) is 59.2 Å². The highest BCUT2D eigenvalue weighted by molar-refractivity contribution is 6.25. The van der Waals surface area contributed by atoms with E-state index < -0.39 is 5.69 Å². The fraction of sp³-hybridized carbons (Fsp3) is 0.0417. The van der Waals surface area contributed by atoms with Gasteiger partial charge < -0.3 is 0 Å². The summed E-state index contributed by atoms with van der Waals surface area (Å²) in [5.74, 6) is 0.384. The second-order valence-electron chi connectivity index (χ2n) is 7.28. The van der Waals surface area contributed by atoms with E-state index in [-0.39, 0.29) is 5.56 Å².